The first-order valence-corrected chi connectivity index (χ1v) is 6.90. The van der Waals surface area contributed by atoms with Crippen molar-refractivity contribution in [3.63, 3.8) is 0 Å². The highest BCUT2D eigenvalue weighted by atomic mass is 35.5. The monoisotopic (exact) mass is 314 g/mol. The fourth-order valence-electron chi connectivity index (χ4n) is 2.47. The molecule has 1 unspecified atom stereocenters. The molecule has 2 aromatic carbocycles. The highest BCUT2D eigenvalue weighted by molar-refractivity contribution is 6.31. The van der Waals surface area contributed by atoms with Crippen LogP contribution < -0.4 is 0 Å². The third kappa shape index (κ3) is 2.17. The van der Waals surface area contributed by atoms with Gasteiger partial charge in [0, 0.05) is 16.7 Å². The Kier molecular flexibility index (Phi) is 3.46. The normalized spacial score (nSPS) is 20.0. The van der Waals surface area contributed by atoms with Crippen LogP contribution in [0.5, 0.6) is 0 Å². The van der Waals surface area contributed by atoms with Gasteiger partial charge in [0.05, 0.1) is 10.5 Å². The van der Waals surface area contributed by atoms with Gasteiger partial charge in [-0.15, -0.1) is 10.2 Å². The second kappa shape index (κ2) is 5.31. The molecule has 3 rings (SSSR count). The lowest BCUT2D eigenvalue weighted by atomic mass is 9.91. The third-order valence-corrected chi connectivity index (χ3v) is 3.72. The summed E-state index contributed by atoms with van der Waals surface area (Å²) in [5.74, 6) is 0.443. The van der Waals surface area contributed by atoms with Crippen molar-refractivity contribution in [1.82, 2.24) is 0 Å². The van der Waals surface area contributed by atoms with E-state index in [9.17, 15) is 10.1 Å². The number of rotatable bonds is 3. The molecule has 0 spiro atoms. The van der Waals surface area contributed by atoms with Gasteiger partial charge in [0.15, 0.2) is 0 Å². The Morgan fingerprint density at radius 2 is 1.73 bits per heavy atom. The Morgan fingerprint density at radius 1 is 1.09 bits per heavy atom. The summed E-state index contributed by atoms with van der Waals surface area (Å²) in [4.78, 5) is 15.4. The summed E-state index contributed by atoms with van der Waals surface area (Å²) < 4.78 is 0. The molecular formula is C15H11ClN4O2. The van der Waals surface area contributed by atoms with E-state index in [0.717, 1.165) is 0 Å². The molecule has 0 saturated heterocycles. The summed E-state index contributed by atoms with van der Waals surface area (Å²) in [5.41, 5.74) is -0.480. The first-order chi connectivity index (χ1) is 10.5. The summed E-state index contributed by atoms with van der Waals surface area (Å²) in [7, 11) is 0. The maximum Gasteiger partial charge on any atom is 0.277 e. The van der Waals surface area contributed by atoms with E-state index in [1.54, 1.807) is 49.4 Å². The zero-order valence-electron chi connectivity index (χ0n) is 11.6. The molecule has 0 aromatic heterocycles. The molecule has 22 heavy (non-hydrogen) atoms. The average Bonchev–Trinajstić information content (AvgIpc) is 2.90. The van der Waals surface area contributed by atoms with E-state index in [2.05, 4.69) is 15.2 Å². The summed E-state index contributed by atoms with van der Waals surface area (Å²) in [6.45, 7) is 1.69. The van der Waals surface area contributed by atoms with Gasteiger partial charge in [-0.25, -0.2) is 4.99 Å². The van der Waals surface area contributed by atoms with Crippen LogP contribution in [0.2, 0.25) is 5.02 Å². The first kappa shape index (κ1) is 14.3. The van der Waals surface area contributed by atoms with E-state index >= 15 is 0 Å². The smallest absolute Gasteiger partial charge is 0.258 e. The number of azo groups is 1. The molecule has 1 aliphatic rings. The molecular weight excluding hydrogens is 304 g/mol. The highest BCUT2D eigenvalue weighted by Gasteiger charge is 2.43. The van der Waals surface area contributed by atoms with Gasteiger partial charge in [0.1, 0.15) is 5.84 Å². The van der Waals surface area contributed by atoms with E-state index in [-0.39, 0.29) is 5.69 Å². The topological polar surface area (TPSA) is 80.2 Å². The van der Waals surface area contributed by atoms with Crippen molar-refractivity contribution in [2.45, 2.75) is 12.6 Å². The summed E-state index contributed by atoms with van der Waals surface area (Å²) in [6.07, 6.45) is 0. The van der Waals surface area contributed by atoms with Crippen molar-refractivity contribution in [3.05, 3.63) is 74.8 Å². The molecule has 0 fully saturated rings. The van der Waals surface area contributed by atoms with Crippen molar-refractivity contribution in [2.24, 2.45) is 15.2 Å². The van der Waals surface area contributed by atoms with Crippen molar-refractivity contribution in [3.8, 4) is 0 Å². The van der Waals surface area contributed by atoms with Gasteiger partial charge in [0.25, 0.3) is 5.69 Å². The van der Waals surface area contributed by atoms with Crippen LogP contribution in [0.3, 0.4) is 0 Å². The summed E-state index contributed by atoms with van der Waals surface area (Å²) >= 11 is 6.28. The Hall–Kier alpha value is -2.60. The van der Waals surface area contributed by atoms with Crippen LogP contribution in [0, 0.1) is 10.1 Å². The van der Waals surface area contributed by atoms with E-state index in [1.165, 1.54) is 6.07 Å². The quantitative estimate of drug-likeness (QED) is 0.624. The third-order valence-electron chi connectivity index (χ3n) is 3.39. The van der Waals surface area contributed by atoms with E-state index in [0.29, 0.717) is 22.0 Å². The summed E-state index contributed by atoms with van der Waals surface area (Å²) in [6, 6.07) is 13.4. The minimum absolute atomic E-state index is 0.0696. The Morgan fingerprint density at radius 3 is 2.32 bits per heavy atom. The first-order valence-electron chi connectivity index (χ1n) is 6.53. The van der Waals surface area contributed by atoms with E-state index in [4.69, 9.17) is 11.6 Å². The van der Waals surface area contributed by atoms with Crippen LogP contribution in [0.25, 0.3) is 0 Å². The molecule has 1 aliphatic heterocycles. The lowest BCUT2D eigenvalue weighted by Gasteiger charge is -2.23. The van der Waals surface area contributed by atoms with Crippen molar-refractivity contribution in [2.75, 3.05) is 0 Å². The number of amidine groups is 1. The predicted octanol–water partition coefficient (Wildman–Crippen LogP) is 4.33. The SMILES string of the molecule is CC1=NC(c2ccccc2Cl)(c2ccccc2[N+](=O)[O-])N=N1. The van der Waals surface area contributed by atoms with Gasteiger partial charge in [0.2, 0.25) is 5.66 Å². The number of benzene rings is 2. The van der Waals surface area contributed by atoms with E-state index < -0.39 is 10.6 Å². The molecule has 110 valence electrons. The lowest BCUT2D eigenvalue weighted by molar-refractivity contribution is -0.386. The predicted molar refractivity (Wildman–Crippen MR) is 83.3 cm³/mol. The van der Waals surface area contributed by atoms with Gasteiger partial charge >= 0.3 is 0 Å². The van der Waals surface area contributed by atoms with Gasteiger partial charge in [-0.3, -0.25) is 10.1 Å². The molecule has 1 heterocycles. The largest absolute Gasteiger partial charge is 0.277 e. The van der Waals surface area contributed by atoms with Crippen LogP contribution in [-0.2, 0) is 5.66 Å². The number of hydrogen-bond donors (Lipinski definition) is 0. The molecule has 7 heteroatoms. The summed E-state index contributed by atoms with van der Waals surface area (Å²) in [5, 5.41) is 20.0. The molecule has 6 nitrogen and oxygen atoms in total. The van der Waals surface area contributed by atoms with Crippen LogP contribution >= 0.6 is 11.6 Å². The Balaban J connectivity index is 2.34. The zero-order valence-corrected chi connectivity index (χ0v) is 12.4. The maximum absolute atomic E-state index is 11.4. The number of para-hydroxylation sites is 1. The molecule has 2 aromatic rings. The second-order valence-corrected chi connectivity index (χ2v) is 5.19. The van der Waals surface area contributed by atoms with Crippen LogP contribution in [0.1, 0.15) is 18.1 Å². The standard InChI is InChI=1S/C15H11ClN4O2/c1-10-17-15(19-18-10,11-6-2-4-8-13(11)16)12-7-3-5-9-14(12)20(21)22/h2-9H,1H3. The molecule has 0 saturated carbocycles. The number of nitrogens with zero attached hydrogens (tertiary/aromatic N) is 4. The Bertz CT molecular complexity index is 819. The number of halogens is 1. The molecule has 0 aliphatic carbocycles. The van der Waals surface area contributed by atoms with Crippen LogP contribution in [0.15, 0.2) is 63.8 Å². The number of aliphatic imine (C=N–C) groups is 1. The molecule has 0 amide bonds. The van der Waals surface area contributed by atoms with Crippen molar-refractivity contribution < 1.29 is 4.92 Å². The number of nitro benzene ring substituents is 1. The van der Waals surface area contributed by atoms with Gasteiger partial charge in [-0.1, -0.05) is 41.9 Å². The maximum atomic E-state index is 11.4. The van der Waals surface area contributed by atoms with Crippen LogP contribution in [-0.4, -0.2) is 10.8 Å². The Labute approximate surface area is 131 Å². The highest BCUT2D eigenvalue weighted by Crippen LogP contribution is 2.45. The van der Waals surface area contributed by atoms with E-state index in [1.807, 2.05) is 0 Å². The minimum atomic E-state index is -1.31. The van der Waals surface area contributed by atoms with Gasteiger partial charge in [-0.05, 0) is 19.1 Å². The second-order valence-electron chi connectivity index (χ2n) is 4.79. The minimum Gasteiger partial charge on any atom is -0.258 e. The molecule has 0 radical (unpaired) electrons. The molecule has 1 atom stereocenters. The van der Waals surface area contributed by atoms with Gasteiger partial charge in [-0.2, -0.15) is 0 Å². The number of nitro groups is 1. The van der Waals surface area contributed by atoms with Crippen molar-refractivity contribution >= 4 is 23.1 Å². The fraction of sp³-hybridized carbons (Fsp3) is 0.133. The number of hydrogen-bond acceptors (Lipinski definition) is 5. The van der Waals surface area contributed by atoms with Crippen LogP contribution in [0.4, 0.5) is 5.69 Å². The average molecular weight is 315 g/mol. The molecule has 0 N–H and O–H groups in total. The fourth-order valence-corrected chi connectivity index (χ4v) is 2.74. The van der Waals surface area contributed by atoms with Gasteiger partial charge < -0.3 is 0 Å². The molecule has 0 bridgehead atoms. The zero-order chi connectivity index (χ0) is 15.7. The lowest BCUT2D eigenvalue weighted by Crippen LogP contribution is -2.23. The van der Waals surface area contributed by atoms with Crippen molar-refractivity contribution in [1.29, 1.82) is 0 Å².